The van der Waals surface area contributed by atoms with Crippen LogP contribution in [-0.4, -0.2) is 22.5 Å². The largest absolute Gasteiger partial charge is 0.462 e. The van der Waals surface area contributed by atoms with Crippen molar-refractivity contribution in [3.05, 3.63) is 69.8 Å². The molecule has 2 aromatic carbocycles. The van der Waals surface area contributed by atoms with Crippen molar-refractivity contribution in [2.24, 2.45) is 0 Å². The van der Waals surface area contributed by atoms with Crippen LogP contribution in [0.4, 0.5) is 11.5 Å². The van der Waals surface area contributed by atoms with Crippen molar-refractivity contribution in [2.45, 2.75) is 33.1 Å². The summed E-state index contributed by atoms with van der Waals surface area (Å²) in [6.45, 7) is 4.66. The fourth-order valence-corrected chi connectivity index (χ4v) is 4.86. The second kappa shape index (κ2) is 10.2. The highest BCUT2D eigenvalue weighted by Gasteiger charge is 2.18. The molecule has 0 unspecified atom stereocenters. The molecular weight excluding hydrogens is 486 g/mol. The van der Waals surface area contributed by atoms with Gasteiger partial charge in [-0.05, 0) is 48.7 Å². The van der Waals surface area contributed by atoms with E-state index in [1.807, 2.05) is 24.3 Å². The molecule has 2 heterocycles. The second-order valence-corrected chi connectivity index (χ2v) is 9.36. The number of carbonyl (C=O) groups excluding carboxylic acids is 1. The third kappa shape index (κ3) is 4.84. The van der Waals surface area contributed by atoms with Gasteiger partial charge in [0.05, 0.1) is 17.6 Å². The summed E-state index contributed by atoms with van der Waals surface area (Å²) in [5.74, 6) is 0.412. The van der Waals surface area contributed by atoms with Gasteiger partial charge in [-0.2, -0.15) is 0 Å². The quantitative estimate of drug-likeness (QED) is 0.198. The summed E-state index contributed by atoms with van der Waals surface area (Å²) in [5.41, 5.74) is 3.57. The minimum absolute atomic E-state index is 0.311. The molecule has 164 valence electrons. The molecule has 0 aliphatic heterocycles. The van der Waals surface area contributed by atoms with E-state index in [0.717, 1.165) is 56.6 Å². The fourth-order valence-electron chi connectivity index (χ4n) is 3.50. The highest BCUT2D eigenvalue weighted by Crippen LogP contribution is 2.42. The van der Waals surface area contributed by atoms with Gasteiger partial charge in [-0.1, -0.05) is 54.4 Å². The van der Waals surface area contributed by atoms with Gasteiger partial charge in [0.25, 0.3) is 0 Å². The number of anilines is 2. The Labute approximate surface area is 200 Å². The van der Waals surface area contributed by atoms with Crippen LogP contribution in [0.3, 0.4) is 0 Å². The van der Waals surface area contributed by atoms with Crippen molar-refractivity contribution in [1.82, 2.24) is 9.97 Å². The Balaban J connectivity index is 1.71. The molecule has 32 heavy (non-hydrogen) atoms. The number of benzene rings is 2. The lowest BCUT2D eigenvalue weighted by atomic mass is 10.0. The molecule has 0 aliphatic rings. The Morgan fingerprint density at radius 3 is 2.69 bits per heavy atom. The number of nitrogens with zero attached hydrogens (tertiary/aromatic N) is 2. The highest BCUT2D eigenvalue weighted by molar-refractivity contribution is 9.10. The number of unbranched alkanes of at least 4 members (excludes halogenated alkanes) is 1. The maximum absolute atomic E-state index is 12.4. The van der Waals surface area contributed by atoms with Gasteiger partial charge in [-0.25, -0.2) is 14.8 Å². The van der Waals surface area contributed by atoms with Crippen LogP contribution in [-0.2, 0) is 11.2 Å². The average molecular weight is 510 g/mol. The van der Waals surface area contributed by atoms with Crippen LogP contribution in [0.25, 0.3) is 21.3 Å². The van der Waals surface area contributed by atoms with E-state index in [0.29, 0.717) is 12.2 Å². The van der Waals surface area contributed by atoms with Crippen LogP contribution in [0, 0.1) is 0 Å². The molecule has 7 heteroatoms. The SMILES string of the molecule is CCCCOC(=O)c1cccc(Nc2ncnc3sc(CC)c(-c4ccc(Br)cc4)c23)c1. The Kier molecular flexibility index (Phi) is 7.17. The molecular formula is C25H24BrN3O2S. The number of aromatic nitrogens is 2. The minimum atomic E-state index is -0.311. The van der Waals surface area contributed by atoms with Crippen LogP contribution >= 0.6 is 27.3 Å². The second-order valence-electron chi connectivity index (χ2n) is 7.36. The van der Waals surface area contributed by atoms with Crippen LogP contribution in [0.5, 0.6) is 0 Å². The molecule has 0 amide bonds. The first-order valence-electron chi connectivity index (χ1n) is 10.7. The molecule has 0 atom stereocenters. The number of ether oxygens (including phenoxy) is 1. The Hall–Kier alpha value is -2.77. The third-order valence-electron chi connectivity index (χ3n) is 5.11. The Morgan fingerprint density at radius 1 is 1.12 bits per heavy atom. The number of hydrogen-bond acceptors (Lipinski definition) is 6. The fraction of sp³-hybridized carbons (Fsp3) is 0.240. The molecule has 0 saturated carbocycles. The smallest absolute Gasteiger partial charge is 0.338 e. The van der Waals surface area contributed by atoms with Crippen LogP contribution < -0.4 is 5.32 Å². The molecule has 5 nitrogen and oxygen atoms in total. The van der Waals surface area contributed by atoms with Crippen molar-refractivity contribution in [2.75, 3.05) is 11.9 Å². The van der Waals surface area contributed by atoms with E-state index >= 15 is 0 Å². The van der Waals surface area contributed by atoms with Crippen molar-refractivity contribution in [1.29, 1.82) is 0 Å². The van der Waals surface area contributed by atoms with E-state index in [1.54, 1.807) is 29.8 Å². The van der Waals surface area contributed by atoms with E-state index in [9.17, 15) is 4.79 Å². The molecule has 4 aromatic rings. The summed E-state index contributed by atoms with van der Waals surface area (Å²) in [5, 5.41) is 4.40. The number of esters is 1. The number of fused-ring (bicyclic) bond motifs is 1. The molecule has 0 aliphatic carbocycles. The monoisotopic (exact) mass is 509 g/mol. The predicted molar refractivity (Wildman–Crippen MR) is 135 cm³/mol. The van der Waals surface area contributed by atoms with E-state index in [1.165, 1.54) is 4.88 Å². The van der Waals surface area contributed by atoms with E-state index in [-0.39, 0.29) is 5.97 Å². The topological polar surface area (TPSA) is 64.1 Å². The first-order chi connectivity index (χ1) is 15.6. The number of aryl methyl sites for hydroxylation is 1. The van der Waals surface area contributed by atoms with Gasteiger partial charge in [0.15, 0.2) is 0 Å². The Morgan fingerprint density at radius 2 is 1.94 bits per heavy atom. The molecule has 0 radical (unpaired) electrons. The van der Waals surface area contributed by atoms with E-state index in [4.69, 9.17) is 4.74 Å². The van der Waals surface area contributed by atoms with Gasteiger partial charge in [0.1, 0.15) is 17.0 Å². The van der Waals surface area contributed by atoms with Crippen molar-refractivity contribution in [3.8, 4) is 11.1 Å². The summed E-state index contributed by atoms with van der Waals surface area (Å²) in [7, 11) is 0. The van der Waals surface area contributed by atoms with Crippen molar-refractivity contribution in [3.63, 3.8) is 0 Å². The number of thiophene rings is 1. The summed E-state index contributed by atoms with van der Waals surface area (Å²) in [4.78, 5) is 23.6. The summed E-state index contributed by atoms with van der Waals surface area (Å²) < 4.78 is 6.39. The third-order valence-corrected chi connectivity index (χ3v) is 6.88. The van der Waals surface area contributed by atoms with Gasteiger partial charge in [-0.3, -0.25) is 0 Å². The van der Waals surface area contributed by atoms with Gasteiger partial charge < -0.3 is 10.1 Å². The summed E-state index contributed by atoms with van der Waals surface area (Å²) in [6.07, 6.45) is 4.33. The molecule has 0 spiro atoms. The van der Waals surface area contributed by atoms with E-state index in [2.05, 4.69) is 57.2 Å². The first kappa shape index (κ1) is 22.4. The average Bonchev–Trinajstić information content (AvgIpc) is 3.20. The lowest BCUT2D eigenvalue weighted by molar-refractivity contribution is 0.0500. The minimum Gasteiger partial charge on any atom is -0.462 e. The zero-order chi connectivity index (χ0) is 22.5. The van der Waals surface area contributed by atoms with Gasteiger partial charge in [0, 0.05) is 20.6 Å². The van der Waals surface area contributed by atoms with Crippen LogP contribution in [0.2, 0.25) is 0 Å². The number of rotatable bonds is 8. The van der Waals surface area contributed by atoms with Gasteiger partial charge in [-0.15, -0.1) is 11.3 Å². The summed E-state index contributed by atoms with van der Waals surface area (Å²) in [6, 6.07) is 15.6. The predicted octanol–water partition coefficient (Wildman–Crippen LogP) is 7.38. The maximum atomic E-state index is 12.4. The van der Waals surface area contributed by atoms with Crippen molar-refractivity contribution < 1.29 is 9.53 Å². The molecule has 0 fully saturated rings. The molecule has 0 bridgehead atoms. The molecule has 1 N–H and O–H groups in total. The van der Waals surface area contributed by atoms with Crippen molar-refractivity contribution >= 4 is 55.0 Å². The molecule has 2 aromatic heterocycles. The van der Waals surface area contributed by atoms with Gasteiger partial charge in [0.2, 0.25) is 0 Å². The van der Waals surface area contributed by atoms with E-state index < -0.39 is 0 Å². The number of nitrogens with one attached hydrogen (secondary N) is 1. The van der Waals surface area contributed by atoms with Gasteiger partial charge >= 0.3 is 5.97 Å². The number of hydrogen-bond donors (Lipinski definition) is 1. The summed E-state index contributed by atoms with van der Waals surface area (Å²) >= 11 is 5.21. The standard InChI is InChI=1S/C25H24BrN3O2S/c1-3-5-13-31-25(30)17-7-6-8-19(14-17)29-23-22-21(16-9-11-18(26)12-10-16)20(4-2)32-24(22)28-15-27-23/h6-12,14-15H,3-5,13H2,1-2H3,(H,27,28,29). The molecule has 4 rings (SSSR count). The Bertz CT molecular complexity index is 1240. The van der Waals surface area contributed by atoms with Crippen LogP contribution in [0.1, 0.15) is 41.9 Å². The lowest BCUT2D eigenvalue weighted by Gasteiger charge is -2.11. The lowest BCUT2D eigenvalue weighted by Crippen LogP contribution is -2.06. The zero-order valence-electron chi connectivity index (χ0n) is 18.0. The number of halogens is 1. The zero-order valence-corrected chi connectivity index (χ0v) is 20.4. The highest BCUT2D eigenvalue weighted by atomic mass is 79.9. The number of carbonyl (C=O) groups is 1. The first-order valence-corrected chi connectivity index (χ1v) is 12.3. The normalized spacial score (nSPS) is 11.0. The van der Waals surface area contributed by atoms with Crippen LogP contribution in [0.15, 0.2) is 59.3 Å². The molecule has 0 saturated heterocycles. The maximum Gasteiger partial charge on any atom is 0.338 e.